The van der Waals surface area contributed by atoms with Gasteiger partial charge in [0.1, 0.15) is 0 Å². The van der Waals surface area contributed by atoms with E-state index in [4.69, 9.17) is 23.2 Å². The monoisotopic (exact) mass is 246 g/mol. The molecular formula is C11H12Cl2O2. The Labute approximate surface area is 99.1 Å². The Balaban J connectivity index is 2.85. The fourth-order valence-electron chi connectivity index (χ4n) is 1.34. The molecule has 2 nitrogen and oxygen atoms in total. The Bertz CT molecular complexity index is 364. The topological polar surface area (TPSA) is 26.3 Å². The molecule has 1 aromatic rings. The van der Waals surface area contributed by atoms with Gasteiger partial charge in [-0.2, -0.15) is 0 Å². The summed E-state index contributed by atoms with van der Waals surface area (Å²) in [5.74, 6) is -0.248. The predicted octanol–water partition coefficient (Wildman–Crippen LogP) is 3.66. The summed E-state index contributed by atoms with van der Waals surface area (Å²) >= 11 is 11.9. The van der Waals surface area contributed by atoms with E-state index in [0.29, 0.717) is 16.5 Å². The maximum Gasteiger partial charge on any atom is 0.306 e. The van der Waals surface area contributed by atoms with Crippen LogP contribution in [0.2, 0.25) is 10.0 Å². The summed E-state index contributed by atoms with van der Waals surface area (Å²) in [6.07, 6.45) is 0.302. The third-order valence-electron chi connectivity index (χ3n) is 2.19. The van der Waals surface area contributed by atoms with Crippen molar-refractivity contribution in [3.05, 3.63) is 33.8 Å². The third-order valence-corrected chi connectivity index (χ3v) is 2.77. The van der Waals surface area contributed by atoms with Crippen molar-refractivity contribution in [3.63, 3.8) is 0 Å². The number of benzene rings is 1. The number of halogens is 2. The summed E-state index contributed by atoms with van der Waals surface area (Å²) in [5.41, 5.74) is 0.870. The molecule has 0 aromatic heterocycles. The van der Waals surface area contributed by atoms with E-state index in [2.05, 4.69) is 4.74 Å². The molecule has 1 aromatic carbocycles. The predicted molar refractivity (Wildman–Crippen MR) is 61.5 cm³/mol. The highest BCUT2D eigenvalue weighted by Gasteiger charge is 2.14. The van der Waals surface area contributed by atoms with Crippen molar-refractivity contribution < 1.29 is 9.53 Å². The maximum atomic E-state index is 11.1. The SMILES string of the molecule is COC(=O)CC(C)c1cc(Cl)ccc1Cl. The molecule has 0 heterocycles. The number of ether oxygens (including phenoxy) is 1. The van der Waals surface area contributed by atoms with E-state index >= 15 is 0 Å². The molecule has 1 rings (SSSR count). The Morgan fingerprint density at radius 2 is 2.13 bits per heavy atom. The number of hydrogen-bond acceptors (Lipinski definition) is 2. The van der Waals surface area contributed by atoms with Crippen molar-refractivity contribution in [2.24, 2.45) is 0 Å². The first-order valence-corrected chi connectivity index (χ1v) is 5.32. The van der Waals surface area contributed by atoms with Crippen LogP contribution >= 0.6 is 23.2 Å². The molecule has 4 heteroatoms. The van der Waals surface area contributed by atoms with Crippen LogP contribution < -0.4 is 0 Å². The number of rotatable bonds is 3. The van der Waals surface area contributed by atoms with Crippen LogP contribution in [0, 0.1) is 0 Å². The second-order valence-corrected chi connectivity index (χ2v) is 4.19. The Kier molecular flexibility index (Phi) is 4.43. The summed E-state index contributed by atoms with van der Waals surface area (Å²) in [4.78, 5) is 11.1. The maximum absolute atomic E-state index is 11.1. The molecule has 0 spiro atoms. The normalized spacial score (nSPS) is 12.3. The van der Waals surface area contributed by atoms with E-state index in [9.17, 15) is 4.79 Å². The van der Waals surface area contributed by atoms with E-state index in [0.717, 1.165) is 5.56 Å². The van der Waals surface area contributed by atoms with Crippen molar-refractivity contribution in [3.8, 4) is 0 Å². The van der Waals surface area contributed by atoms with Gasteiger partial charge in [-0.05, 0) is 29.7 Å². The van der Waals surface area contributed by atoms with Crippen LogP contribution in [0.25, 0.3) is 0 Å². The highest BCUT2D eigenvalue weighted by molar-refractivity contribution is 6.33. The zero-order valence-electron chi connectivity index (χ0n) is 8.59. The highest BCUT2D eigenvalue weighted by Crippen LogP contribution is 2.29. The van der Waals surface area contributed by atoms with E-state index in [1.54, 1.807) is 18.2 Å². The van der Waals surface area contributed by atoms with Gasteiger partial charge in [-0.15, -0.1) is 0 Å². The van der Waals surface area contributed by atoms with Gasteiger partial charge in [0.05, 0.1) is 13.5 Å². The number of carbonyl (C=O) groups excluding carboxylic acids is 1. The molecular weight excluding hydrogens is 235 g/mol. The minimum Gasteiger partial charge on any atom is -0.469 e. The van der Waals surface area contributed by atoms with Crippen LogP contribution in [-0.2, 0) is 9.53 Å². The summed E-state index contributed by atoms with van der Waals surface area (Å²) in [5, 5.41) is 1.24. The van der Waals surface area contributed by atoms with Crippen molar-refractivity contribution >= 4 is 29.2 Å². The lowest BCUT2D eigenvalue weighted by Gasteiger charge is -2.12. The molecule has 0 fully saturated rings. The van der Waals surface area contributed by atoms with Crippen molar-refractivity contribution in [1.29, 1.82) is 0 Å². The molecule has 82 valence electrons. The van der Waals surface area contributed by atoms with Gasteiger partial charge in [-0.25, -0.2) is 0 Å². The Morgan fingerprint density at radius 3 is 2.73 bits per heavy atom. The zero-order valence-corrected chi connectivity index (χ0v) is 10.1. The minimum atomic E-state index is -0.251. The van der Waals surface area contributed by atoms with Crippen molar-refractivity contribution in [2.45, 2.75) is 19.3 Å². The standard InChI is InChI=1S/C11H12Cl2O2/c1-7(5-11(14)15-2)9-6-8(12)3-4-10(9)13/h3-4,6-7H,5H2,1-2H3. The van der Waals surface area contributed by atoms with Gasteiger partial charge in [0, 0.05) is 10.0 Å². The number of methoxy groups -OCH3 is 1. The van der Waals surface area contributed by atoms with Crippen LogP contribution in [0.3, 0.4) is 0 Å². The quantitative estimate of drug-likeness (QED) is 0.762. The second kappa shape index (κ2) is 5.38. The van der Waals surface area contributed by atoms with Gasteiger partial charge in [0.15, 0.2) is 0 Å². The lowest BCUT2D eigenvalue weighted by atomic mass is 9.98. The number of esters is 1. The van der Waals surface area contributed by atoms with E-state index in [-0.39, 0.29) is 11.9 Å². The van der Waals surface area contributed by atoms with Crippen molar-refractivity contribution in [1.82, 2.24) is 0 Å². The average Bonchev–Trinajstić information content (AvgIpc) is 2.21. The Hall–Kier alpha value is -0.730. The molecule has 0 aliphatic carbocycles. The Morgan fingerprint density at radius 1 is 1.47 bits per heavy atom. The molecule has 0 radical (unpaired) electrons. The van der Waals surface area contributed by atoms with E-state index in [1.807, 2.05) is 6.92 Å². The lowest BCUT2D eigenvalue weighted by molar-refractivity contribution is -0.140. The second-order valence-electron chi connectivity index (χ2n) is 3.35. The third kappa shape index (κ3) is 3.40. The molecule has 1 atom stereocenters. The summed E-state index contributed by atoms with van der Waals surface area (Å²) in [6.45, 7) is 1.91. The largest absolute Gasteiger partial charge is 0.469 e. The van der Waals surface area contributed by atoms with Gasteiger partial charge in [-0.3, -0.25) is 4.79 Å². The lowest BCUT2D eigenvalue weighted by Crippen LogP contribution is -2.06. The molecule has 0 N–H and O–H groups in total. The smallest absolute Gasteiger partial charge is 0.306 e. The van der Waals surface area contributed by atoms with Crippen LogP contribution in [-0.4, -0.2) is 13.1 Å². The molecule has 0 saturated carbocycles. The molecule has 0 saturated heterocycles. The molecule has 15 heavy (non-hydrogen) atoms. The molecule has 0 aliphatic rings. The van der Waals surface area contributed by atoms with Crippen molar-refractivity contribution in [2.75, 3.05) is 7.11 Å². The van der Waals surface area contributed by atoms with Gasteiger partial charge in [0.2, 0.25) is 0 Å². The fraction of sp³-hybridized carbons (Fsp3) is 0.364. The summed E-state index contributed by atoms with van der Waals surface area (Å²) in [7, 11) is 1.37. The first-order chi connectivity index (χ1) is 7.04. The van der Waals surface area contributed by atoms with Crippen LogP contribution in [0.15, 0.2) is 18.2 Å². The van der Waals surface area contributed by atoms with Crippen LogP contribution in [0.5, 0.6) is 0 Å². The van der Waals surface area contributed by atoms with Crippen LogP contribution in [0.1, 0.15) is 24.8 Å². The van der Waals surface area contributed by atoms with Crippen LogP contribution in [0.4, 0.5) is 0 Å². The van der Waals surface area contributed by atoms with Gasteiger partial charge >= 0.3 is 5.97 Å². The van der Waals surface area contributed by atoms with E-state index in [1.165, 1.54) is 7.11 Å². The van der Waals surface area contributed by atoms with Gasteiger partial charge in [0.25, 0.3) is 0 Å². The summed E-state index contributed by atoms with van der Waals surface area (Å²) < 4.78 is 4.60. The molecule has 0 amide bonds. The van der Waals surface area contributed by atoms with E-state index < -0.39 is 0 Å². The first-order valence-electron chi connectivity index (χ1n) is 4.56. The molecule has 1 unspecified atom stereocenters. The minimum absolute atomic E-state index is 0.00338. The number of hydrogen-bond donors (Lipinski definition) is 0. The highest BCUT2D eigenvalue weighted by atomic mass is 35.5. The summed E-state index contributed by atoms with van der Waals surface area (Å²) in [6, 6.07) is 5.22. The van der Waals surface area contributed by atoms with Gasteiger partial charge in [-0.1, -0.05) is 30.1 Å². The molecule has 0 bridgehead atoms. The van der Waals surface area contributed by atoms with Gasteiger partial charge < -0.3 is 4.74 Å². The zero-order chi connectivity index (χ0) is 11.4. The number of carbonyl (C=O) groups is 1. The fourth-order valence-corrected chi connectivity index (χ4v) is 1.82. The first kappa shape index (κ1) is 12.3. The molecule has 0 aliphatic heterocycles. The average molecular weight is 247 g/mol.